The number of anilines is 1. The van der Waals surface area contributed by atoms with Crippen LogP contribution >= 0.6 is 11.6 Å². The first-order chi connectivity index (χ1) is 13.2. The number of carbonyl (C=O) groups excluding carboxylic acids is 1. The van der Waals surface area contributed by atoms with Gasteiger partial charge in [-0.05, 0) is 56.3 Å². The Morgan fingerprint density at radius 1 is 1.22 bits per heavy atom. The van der Waals surface area contributed by atoms with E-state index < -0.39 is 0 Å². The van der Waals surface area contributed by atoms with E-state index in [9.17, 15) is 4.79 Å². The van der Waals surface area contributed by atoms with Gasteiger partial charge in [-0.15, -0.1) is 10.2 Å². The Morgan fingerprint density at radius 2 is 2.11 bits per heavy atom. The quantitative estimate of drug-likeness (QED) is 0.838. The second-order valence-electron chi connectivity index (χ2n) is 7.62. The van der Waals surface area contributed by atoms with Crippen molar-refractivity contribution < 1.29 is 4.79 Å². The molecule has 2 aliphatic rings. The monoisotopic (exact) mass is 387 g/mol. The minimum Gasteiger partial charge on any atom is -0.330 e. The predicted octanol–water partition coefficient (Wildman–Crippen LogP) is 3.64. The smallest absolute Gasteiger partial charge is 0.227 e. The van der Waals surface area contributed by atoms with Crippen LogP contribution in [0.5, 0.6) is 0 Å². The highest BCUT2D eigenvalue weighted by Crippen LogP contribution is 2.34. The lowest BCUT2D eigenvalue weighted by molar-refractivity contribution is -0.120. The average molecular weight is 388 g/mol. The summed E-state index contributed by atoms with van der Waals surface area (Å²) in [7, 11) is 0. The number of hydrogen-bond donors (Lipinski definition) is 2. The fourth-order valence-corrected chi connectivity index (χ4v) is 4.56. The number of aryl methyl sites for hydroxylation is 1. The number of rotatable bonds is 4. The Labute approximate surface area is 164 Å². The van der Waals surface area contributed by atoms with E-state index in [0.717, 1.165) is 68.0 Å². The molecular weight excluding hydrogens is 362 g/mol. The molecule has 6 nitrogen and oxygen atoms in total. The highest BCUT2D eigenvalue weighted by atomic mass is 35.5. The number of nitrogens with two attached hydrogens (primary N) is 1. The molecular formula is C20H26ClN5O. The van der Waals surface area contributed by atoms with E-state index in [2.05, 4.69) is 20.1 Å². The molecule has 2 aromatic rings. The molecule has 3 N–H and O–H groups in total. The van der Waals surface area contributed by atoms with Gasteiger partial charge < -0.3 is 15.6 Å². The first-order valence-corrected chi connectivity index (χ1v) is 10.3. The van der Waals surface area contributed by atoms with Crippen molar-refractivity contribution in [3.8, 4) is 11.4 Å². The molecule has 27 heavy (non-hydrogen) atoms. The molecule has 144 valence electrons. The second-order valence-corrected chi connectivity index (χ2v) is 8.03. The fourth-order valence-electron chi connectivity index (χ4n) is 4.36. The zero-order chi connectivity index (χ0) is 18.8. The summed E-state index contributed by atoms with van der Waals surface area (Å²) in [5.41, 5.74) is 7.39. The minimum atomic E-state index is -0.00140. The van der Waals surface area contributed by atoms with Gasteiger partial charge in [0.2, 0.25) is 5.91 Å². The summed E-state index contributed by atoms with van der Waals surface area (Å²) in [6.45, 7) is 1.47. The normalized spacial score (nSPS) is 22.3. The van der Waals surface area contributed by atoms with Crippen molar-refractivity contribution in [2.45, 2.75) is 51.5 Å². The van der Waals surface area contributed by atoms with Crippen molar-refractivity contribution in [3.05, 3.63) is 29.0 Å². The number of halogens is 1. The van der Waals surface area contributed by atoms with Crippen molar-refractivity contribution >= 4 is 23.2 Å². The standard InChI is InChI=1S/C20H26ClN5O/c21-17-9-8-14(23-20(27)15-6-4-5-13(15)12-22)11-16(17)19-25-24-18-7-2-1-3-10-26(18)19/h8-9,11,13,15H,1-7,10,12,22H2,(H,23,27)/t13-,15-/m1/s1. The van der Waals surface area contributed by atoms with Crippen LogP contribution in [0.4, 0.5) is 5.69 Å². The summed E-state index contributed by atoms with van der Waals surface area (Å²) in [5.74, 6) is 2.14. The molecule has 0 saturated heterocycles. The van der Waals surface area contributed by atoms with Crippen LogP contribution < -0.4 is 11.1 Å². The maximum atomic E-state index is 12.7. The third-order valence-electron chi connectivity index (χ3n) is 5.88. The van der Waals surface area contributed by atoms with E-state index in [1.807, 2.05) is 18.2 Å². The van der Waals surface area contributed by atoms with E-state index >= 15 is 0 Å². The average Bonchev–Trinajstić information content (AvgIpc) is 3.24. The van der Waals surface area contributed by atoms with Crippen molar-refractivity contribution in [2.24, 2.45) is 17.6 Å². The molecule has 1 aromatic heterocycles. The largest absolute Gasteiger partial charge is 0.330 e. The highest BCUT2D eigenvalue weighted by molar-refractivity contribution is 6.33. The molecule has 1 aliphatic heterocycles. The maximum Gasteiger partial charge on any atom is 0.227 e. The number of amides is 1. The van der Waals surface area contributed by atoms with E-state index in [1.54, 1.807) is 0 Å². The summed E-state index contributed by atoms with van der Waals surface area (Å²) < 4.78 is 2.17. The third kappa shape index (κ3) is 3.73. The van der Waals surface area contributed by atoms with Crippen LogP contribution in [0.25, 0.3) is 11.4 Å². The Hall–Kier alpha value is -1.92. The number of fused-ring (bicyclic) bond motifs is 1. The van der Waals surface area contributed by atoms with Crippen molar-refractivity contribution in [1.29, 1.82) is 0 Å². The van der Waals surface area contributed by atoms with Gasteiger partial charge in [0.15, 0.2) is 5.82 Å². The Kier molecular flexibility index (Phi) is 5.45. The van der Waals surface area contributed by atoms with Gasteiger partial charge in [-0.3, -0.25) is 4.79 Å². The van der Waals surface area contributed by atoms with Crippen molar-refractivity contribution in [3.63, 3.8) is 0 Å². The van der Waals surface area contributed by atoms with Crippen molar-refractivity contribution in [1.82, 2.24) is 14.8 Å². The summed E-state index contributed by atoms with van der Waals surface area (Å²) in [5, 5.41) is 12.4. The molecule has 0 bridgehead atoms. The summed E-state index contributed by atoms with van der Waals surface area (Å²) in [6.07, 6.45) is 7.43. The maximum absolute atomic E-state index is 12.7. The number of benzene rings is 1. The molecule has 2 atom stereocenters. The van der Waals surface area contributed by atoms with Crippen LogP contribution in [-0.4, -0.2) is 27.2 Å². The zero-order valence-corrected chi connectivity index (χ0v) is 16.2. The molecule has 2 heterocycles. The number of aromatic nitrogens is 3. The molecule has 0 spiro atoms. The van der Waals surface area contributed by atoms with E-state index in [1.165, 1.54) is 6.42 Å². The van der Waals surface area contributed by atoms with Gasteiger partial charge in [-0.1, -0.05) is 24.4 Å². The van der Waals surface area contributed by atoms with Crippen LogP contribution in [0.15, 0.2) is 18.2 Å². The molecule has 1 saturated carbocycles. The predicted molar refractivity (Wildman–Crippen MR) is 107 cm³/mol. The van der Waals surface area contributed by atoms with E-state index in [0.29, 0.717) is 11.6 Å². The van der Waals surface area contributed by atoms with Crippen LogP contribution in [-0.2, 0) is 17.8 Å². The van der Waals surface area contributed by atoms with Gasteiger partial charge >= 0.3 is 0 Å². The van der Waals surface area contributed by atoms with Gasteiger partial charge in [0.25, 0.3) is 0 Å². The number of nitrogens with one attached hydrogen (secondary N) is 1. The van der Waals surface area contributed by atoms with Gasteiger partial charge in [-0.25, -0.2) is 0 Å². The Morgan fingerprint density at radius 3 is 2.96 bits per heavy atom. The molecule has 1 aliphatic carbocycles. The molecule has 0 unspecified atom stereocenters. The second kappa shape index (κ2) is 7.98. The lowest BCUT2D eigenvalue weighted by Crippen LogP contribution is -2.29. The Bertz CT molecular complexity index is 834. The fraction of sp³-hybridized carbons (Fsp3) is 0.550. The lowest BCUT2D eigenvalue weighted by Gasteiger charge is -2.18. The SMILES string of the molecule is NC[C@H]1CCC[C@H]1C(=O)Nc1ccc(Cl)c(-c2nnc3n2CCCCC3)c1. The molecule has 4 rings (SSSR count). The summed E-state index contributed by atoms with van der Waals surface area (Å²) in [4.78, 5) is 12.7. The number of carbonyl (C=O) groups is 1. The van der Waals surface area contributed by atoms with Crippen LogP contribution in [0.3, 0.4) is 0 Å². The molecule has 1 fully saturated rings. The van der Waals surface area contributed by atoms with Crippen LogP contribution in [0.2, 0.25) is 5.02 Å². The number of hydrogen-bond acceptors (Lipinski definition) is 4. The van der Waals surface area contributed by atoms with Gasteiger partial charge in [0, 0.05) is 30.1 Å². The molecule has 1 aromatic carbocycles. The van der Waals surface area contributed by atoms with E-state index in [-0.39, 0.29) is 17.7 Å². The van der Waals surface area contributed by atoms with Crippen LogP contribution in [0, 0.1) is 11.8 Å². The topological polar surface area (TPSA) is 85.8 Å². The van der Waals surface area contributed by atoms with Gasteiger partial charge in [-0.2, -0.15) is 0 Å². The van der Waals surface area contributed by atoms with E-state index in [4.69, 9.17) is 17.3 Å². The van der Waals surface area contributed by atoms with Gasteiger partial charge in [0.05, 0.1) is 5.02 Å². The zero-order valence-electron chi connectivity index (χ0n) is 15.5. The first-order valence-electron chi connectivity index (χ1n) is 9.90. The summed E-state index contributed by atoms with van der Waals surface area (Å²) in [6, 6.07) is 5.57. The highest BCUT2D eigenvalue weighted by Gasteiger charge is 2.32. The van der Waals surface area contributed by atoms with Gasteiger partial charge in [0.1, 0.15) is 5.82 Å². The molecule has 1 amide bonds. The lowest BCUT2D eigenvalue weighted by atomic mass is 9.95. The van der Waals surface area contributed by atoms with Crippen molar-refractivity contribution in [2.75, 3.05) is 11.9 Å². The first kappa shape index (κ1) is 18.4. The minimum absolute atomic E-state index is 0.00140. The molecule has 0 radical (unpaired) electrons. The molecule has 7 heteroatoms. The number of nitrogens with zero attached hydrogens (tertiary/aromatic N) is 3. The third-order valence-corrected chi connectivity index (χ3v) is 6.21. The van der Waals surface area contributed by atoms with Crippen LogP contribution in [0.1, 0.15) is 44.3 Å². The Balaban J connectivity index is 1.59. The summed E-state index contributed by atoms with van der Waals surface area (Å²) >= 11 is 6.47.